The first-order chi connectivity index (χ1) is 11.5. The number of benzene rings is 2. The molecule has 0 aliphatic rings. The standard InChI is InChI=1S/C18H20N2O4/c1-12(2)24-15-9-5-4-8-14(15)18(22)20-19-11-13-7-6-10-16(23-3)17(13)21/h4-12,21H,1-3H3,(H,20,22). The number of carbonyl (C=O) groups excluding carboxylic acids is 1. The number of phenolic OH excluding ortho intramolecular Hbond substituents is 1. The van der Waals surface area contributed by atoms with Crippen molar-refractivity contribution in [1.29, 1.82) is 0 Å². The fourth-order valence-corrected chi connectivity index (χ4v) is 2.04. The van der Waals surface area contributed by atoms with Crippen LogP contribution >= 0.6 is 0 Å². The van der Waals surface area contributed by atoms with E-state index in [2.05, 4.69) is 10.5 Å². The van der Waals surface area contributed by atoms with E-state index in [1.807, 2.05) is 13.8 Å². The van der Waals surface area contributed by atoms with Gasteiger partial charge in [0.1, 0.15) is 5.75 Å². The maximum atomic E-state index is 12.3. The Kier molecular flexibility index (Phi) is 5.78. The normalized spacial score (nSPS) is 10.8. The van der Waals surface area contributed by atoms with E-state index in [4.69, 9.17) is 9.47 Å². The van der Waals surface area contributed by atoms with Gasteiger partial charge < -0.3 is 14.6 Å². The molecule has 0 fully saturated rings. The van der Waals surface area contributed by atoms with Crippen LogP contribution < -0.4 is 14.9 Å². The molecule has 0 spiro atoms. The van der Waals surface area contributed by atoms with Crippen molar-refractivity contribution in [2.45, 2.75) is 20.0 Å². The minimum absolute atomic E-state index is 0.0402. The first-order valence-electron chi connectivity index (χ1n) is 7.48. The van der Waals surface area contributed by atoms with Crippen LogP contribution in [0.5, 0.6) is 17.2 Å². The highest BCUT2D eigenvalue weighted by molar-refractivity contribution is 5.97. The van der Waals surface area contributed by atoms with Crippen LogP contribution in [0.3, 0.4) is 0 Å². The van der Waals surface area contributed by atoms with E-state index in [9.17, 15) is 9.90 Å². The molecule has 0 saturated heterocycles. The number of aromatic hydroxyl groups is 1. The topological polar surface area (TPSA) is 80.2 Å². The number of carbonyl (C=O) groups is 1. The molecule has 2 aromatic carbocycles. The van der Waals surface area contributed by atoms with Gasteiger partial charge in [0.15, 0.2) is 11.5 Å². The largest absolute Gasteiger partial charge is 0.504 e. The third kappa shape index (κ3) is 4.25. The van der Waals surface area contributed by atoms with Gasteiger partial charge in [-0.25, -0.2) is 5.43 Å². The molecule has 0 atom stereocenters. The summed E-state index contributed by atoms with van der Waals surface area (Å²) < 4.78 is 10.6. The Morgan fingerprint density at radius 2 is 1.88 bits per heavy atom. The highest BCUT2D eigenvalue weighted by Gasteiger charge is 2.12. The second-order valence-corrected chi connectivity index (χ2v) is 5.26. The first-order valence-corrected chi connectivity index (χ1v) is 7.48. The van der Waals surface area contributed by atoms with Crippen molar-refractivity contribution >= 4 is 12.1 Å². The van der Waals surface area contributed by atoms with E-state index in [-0.39, 0.29) is 11.9 Å². The quantitative estimate of drug-likeness (QED) is 0.631. The van der Waals surface area contributed by atoms with E-state index in [1.165, 1.54) is 13.3 Å². The Hall–Kier alpha value is -3.02. The fraction of sp³-hybridized carbons (Fsp3) is 0.222. The second kappa shape index (κ2) is 8.01. The van der Waals surface area contributed by atoms with Gasteiger partial charge >= 0.3 is 0 Å². The number of nitrogens with one attached hydrogen (secondary N) is 1. The average molecular weight is 328 g/mol. The van der Waals surface area contributed by atoms with E-state index >= 15 is 0 Å². The number of amides is 1. The Bertz CT molecular complexity index is 742. The second-order valence-electron chi connectivity index (χ2n) is 5.26. The summed E-state index contributed by atoms with van der Waals surface area (Å²) in [4.78, 5) is 12.3. The summed E-state index contributed by atoms with van der Waals surface area (Å²) in [6.45, 7) is 3.77. The lowest BCUT2D eigenvalue weighted by Crippen LogP contribution is -2.19. The van der Waals surface area contributed by atoms with Crippen molar-refractivity contribution in [1.82, 2.24) is 5.43 Å². The van der Waals surface area contributed by atoms with Crippen molar-refractivity contribution < 1.29 is 19.4 Å². The Morgan fingerprint density at radius 3 is 2.58 bits per heavy atom. The van der Waals surface area contributed by atoms with E-state index < -0.39 is 5.91 Å². The van der Waals surface area contributed by atoms with Gasteiger partial charge in [-0.2, -0.15) is 5.10 Å². The predicted octanol–water partition coefficient (Wildman–Crippen LogP) is 2.95. The van der Waals surface area contributed by atoms with Gasteiger partial charge in [0.25, 0.3) is 5.91 Å². The van der Waals surface area contributed by atoms with Crippen LogP contribution in [0.2, 0.25) is 0 Å². The molecule has 0 saturated carbocycles. The number of methoxy groups -OCH3 is 1. The molecule has 2 aromatic rings. The van der Waals surface area contributed by atoms with Gasteiger partial charge in [0.05, 0.1) is 25.0 Å². The average Bonchev–Trinajstić information content (AvgIpc) is 2.56. The SMILES string of the molecule is COc1cccc(C=NNC(=O)c2ccccc2OC(C)C)c1O. The van der Waals surface area contributed by atoms with Crippen molar-refractivity contribution in [3.63, 3.8) is 0 Å². The lowest BCUT2D eigenvalue weighted by molar-refractivity contribution is 0.0949. The number of para-hydroxylation sites is 2. The van der Waals surface area contributed by atoms with Gasteiger partial charge in [-0.3, -0.25) is 4.79 Å². The number of phenols is 1. The van der Waals surface area contributed by atoms with Crippen LogP contribution in [0.1, 0.15) is 29.8 Å². The van der Waals surface area contributed by atoms with Gasteiger partial charge in [0, 0.05) is 5.56 Å². The molecule has 0 radical (unpaired) electrons. The zero-order chi connectivity index (χ0) is 17.5. The minimum Gasteiger partial charge on any atom is -0.504 e. The molecule has 24 heavy (non-hydrogen) atoms. The summed E-state index contributed by atoms with van der Waals surface area (Å²) >= 11 is 0. The van der Waals surface area contributed by atoms with Crippen LogP contribution in [-0.4, -0.2) is 30.4 Å². The summed E-state index contributed by atoms with van der Waals surface area (Å²) in [6, 6.07) is 11.9. The summed E-state index contributed by atoms with van der Waals surface area (Å²) in [5.74, 6) is 0.386. The summed E-state index contributed by atoms with van der Waals surface area (Å²) in [5, 5.41) is 13.8. The number of hydrogen-bond donors (Lipinski definition) is 2. The minimum atomic E-state index is -0.398. The maximum Gasteiger partial charge on any atom is 0.275 e. The van der Waals surface area contributed by atoms with Crippen molar-refractivity contribution in [2.24, 2.45) is 5.10 Å². The highest BCUT2D eigenvalue weighted by atomic mass is 16.5. The third-order valence-corrected chi connectivity index (χ3v) is 3.11. The molecule has 6 heteroatoms. The predicted molar refractivity (Wildman–Crippen MR) is 91.9 cm³/mol. The van der Waals surface area contributed by atoms with Crippen molar-refractivity contribution in [3.8, 4) is 17.2 Å². The first kappa shape index (κ1) is 17.3. The Labute approximate surface area is 140 Å². The highest BCUT2D eigenvalue weighted by Crippen LogP contribution is 2.28. The van der Waals surface area contributed by atoms with Crippen molar-refractivity contribution in [2.75, 3.05) is 7.11 Å². The van der Waals surface area contributed by atoms with E-state index in [0.717, 1.165) is 0 Å². The smallest absolute Gasteiger partial charge is 0.275 e. The number of ether oxygens (including phenoxy) is 2. The molecule has 0 heterocycles. The molecule has 0 aliphatic heterocycles. The van der Waals surface area contributed by atoms with Gasteiger partial charge in [-0.05, 0) is 38.1 Å². The van der Waals surface area contributed by atoms with Gasteiger partial charge in [-0.1, -0.05) is 18.2 Å². The molecule has 0 aliphatic carbocycles. The fourth-order valence-electron chi connectivity index (χ4n) is 2.04. The van der Waals surface area contributed by atoms with Gasteiger partial charge in [-0.15, -0.1) is 0 Å². The third-order valence-electron chi connectivity index (χ3n) is 3.11. The monoisotopic (exact) mass is 328 g/mol. The summed E-state index contributed by atoms with van der Waals surface area (Å²) in [6.07, 6.45) is 1.30. The molecule has 6 nitrogen and oxygen atoms in total. The molecular formula is C18H20N2O4. The molecule has 2 rings (SSSR count). The summed E-state index contributed by atoms with van der Waals surface area (Å²) in [7, 11) is 1.46. The van der Waals surface area contributed by atoms with E-state index in [0.29, 0.717) is 22.6 Å². The van der Waals surface area contributed by atoms with Gasteiger partial charge in [0.2, 0.25) is 0 Å². The molecule has 2 N–H and O–H groups in total. The van der Waals surface area contributed by atoms with Crippen molar-refractivity contribution in [3.05, 3.63) is 53.6 Å². The maximum absolute atomic E-state index is 12.3. The number of rotatable bonds is 6. The molecule has 0 bridgehead atoms. The van der Waals surface area contributed by atoms with E-state index in [1.54, 1.807) is 42.5 Å². The Morgan fingerprint density at radius 1 is 1.17 bits per heavy atom. The zero-order valence-electron chi connectivity index (χ0n) is 13.8. The zero-order valence-corrected chi connectivity index (χ0v) is 13.8. The Balaban J connectivity index is 2.11. The van der Waals surface area contributed by atoms with Crippen LogP contribution in [0.25, 0.3) is 0 Å². The number of hydrazone groups is 1. The molecule has 126 valence electrons. The lowest BCUT2D eigenvalue weighted by Gasteiger charge is -2.12. The molecule has 0 unspecified atom stereocenters. The number of nitrogens with zero attached hydrogens (tertiary/aromatic N) is 1. The molecular weight excluding hydrogens is 308 g/mol. The van der Waals surface area contributed by atoms with Crippen LogP contribution in [-0.2, 0) is 0 Å². The molecule has 1 amide bonds. The van der Waals surface area contributed by atoms with Crippen LogP contribution in [0, 0.1) is 0 Å². The lowest BCUT2D eigenvalue weighted by atomic mass is 10.2. The summed E-state index contributed by atoms with van der Waals surface area (Å²) in [5.41, 5.74) is 3.24. The number of hydrogen-bond acceptors (Lipinski definition) is 5. The molecule has 0 aromatic heterocycles. The van der Waals surface area contributed by atoms with Crippen LogP contribution in [0.15, 0.2) is 47.6 Å². The van der Waals surface area contributed by atoms with Crippen LogP contribution in [0.4, 0.5) is 0 Å².